The molecule has 0 aliphatic carbocycles. The SMILES string of the molecule is Nc1nccc(C(=O)Nc2ccc(Cl)cc2)c1CC1CCN(c2ccncc2)CC1. The molecule has 1 amide bonds. The molecule has 1 aliphatic rings. The molecule has 0 atom stereocenters. The van der Waals surface area contributed by atoms with E-state index in [0.29, 0.717) is 28.0 Å². The van der Waals surface area contributed by atoms with Crippen molar-refractivity contribution in [2.24, 2.45) is 5.92 Å². The van der Waals surface area contributed by atoms with E-state index in [0.717, 1.165) is 37.9 Å². The van der Waals surface area contributed by atoms with Crippen molar-refractivity contribution >= 4 is 34.7 Å². The van der Waals surface area contributed by atoms with Gasteiger partial charge >= 0.3 is 0 Å². The molecule has 3 N–H and O–H groups in total. The van der Waals surface area contributed by atoms with Crippen molar-refractivity contribution in [3.8, 4) is 0 Å². The number of anilines is 3. The lowest BCUT2D eigenvalue weighted by molar-refractivity contribution is 0.102. The lowest BCUT2D eigenvalue weighted by Crippen LogP contribution is -2.34. The monoisotopic (exact) mass is 421 g/mol. The van der Waals surface area contributed by atoms with E-state index in [1.165, 1.54) is 5.69 Å². The van der Waals surface area contributed by atoms with Gasteiger partial charge in [0.1, 0.15) is 5.82 Å². The van der Waals surface area contributed by atoms with Crippen LogP contribution in [0.5, 0.6) is 0 Å². The number of hydrogen-bond acceptors (Lipinski definition) is 5. The summed E-state index contributed by atoms with van der Waals surface area (Å²) in [6.07, 6.45) is 8.05. The van der Waals surface area contributed by atoms with E-state index in [1.54, 1.807) is 36.5 Å². The smallest absolute Gasteiger partial charge is 0.256 e. The minimum atomic E-state index is -0.185. The number of piperidine rings is 1. The van der Waals surface area contributed by atoms with E-state index in [4.69, 9.17) is 17.3 Å². The van der Waals surface area contributed by atoms with Gasteiger partial charge in [-0.2, -0.15) is 0 Å². The summed E-state index contributed by atoms with van der Waals surface area (Å²) in [7, 11) is 0. The lowest BCUT2D eigenvalue weighted by atomic mass is 9.88. The van der Waals surface area contributed by atoms with E-state index in [-0.39, 0.29) is 5.91 Å². The maximum Gasteiger partial charge on any atom is 0.256 e. The summed E-state index contributed by atoms with van der Waals surface area (Å²) in [6, 6.07) is 12.9. The van der Waals surface area contributed by atoms with Crippen molar-refractivity contribution in [3.63, 3.8) is 0 Å². The van der Waals surface area contributed by atoms with E-state index < -0.39 is 0 Å². The zero-order valence-corrected chi connectivity index (χ0v) is 17.3. The number of nitrogens with two attached hydrogens (primary N) is 1. The van der Waals surface area contributed by atoms with Gasteiger partial charge < -0.3 is 16.0 Å². The van der Waals surface area contributed by atoms with Crippen LogP contribution in [-0.4, -0.2) is 29.0 Å². The van der Waals surface area contributed by atoms with Gasteiger partial charge in [-0.3, -0.25) is 9.78 Å². The van der Waals surface area contributed by atoms with Gasteiger partial charge in [-0.05, 0) is 67.6 Å². The molecule has 1 saturated heterocycles. The van der Waals surface area contributed by atoms with Crippen molar-refractivity contribution in [1.29, 1.82) is 0 Å². The van der Waals surface area contributed by atoms with Crippen LogP contribution in [0.3, 0.4) is 0 Å². The first-order valence-corrected chi connectivity index (χ1v) is 10.4. The molecule has 0 radical (unpaired) electrons. The Morgan fingerprint density at radius 3 is 2.47 bits per heavy atom. The Kier molecular flexibility index (Phi) is 6.14. The molecule has 4 rings (SSSR count). The molecule has 2 aromatic heterocycles. The fourth-order valence-corrected chi connectivity index (χ4v) is 4.03. The summed E-state index contributed by atoms with van der Waals surface area (Å²) >= 11 is 5.93. The molecular formula is C23H24ClN5O. The van der Waals surface area contributed by atoms with E-state index in [9.17, 15) is 4.79 Å². The van der Waals surface area contributed by atoms with Gasteiger partial charge in [-0.1, -0.05) is 11.6 Å². The second-order valence-corrected chi connectivity index (χ2v) is 7.96. The number of carbonyl (C=O) groups is 1. The minimum absolute atomic E-state index is 0.185. The predicted octanol–water partition coefficient (Wildman–Crippen LogP) is 4.42. The number of nitrogens with zero attached hydrogens (tertiary/aromatic N) is 3. The number of hydrogen-bond donors (Lipinski definition) is 2. The Morgan fingerprint density at radius 2 is 1.77 bits per heavy atom. The molecule has 0 unspecified atom stereocenters. The first-order valence-electron chi connectivity index (χ1n) is 10.1. The molecule has 0 bridgehead atoms. The number of aromatic nitrogens is 2. The Hall–Kier alpha value is -3.12. The highest BCUT2D eigenvalue weighted by atomic mass is 35.5. The standard InChI is InChI=1S/C23H24ClN5O/c24-17-1-3-18(4-2-17)28-23(30)20-7-12-27-22(25)21(20)15-16-8-13-29(14-9-16)19-5-10-26-11-6-19/h1-7,10-12,16H,8-9,13-15H2,(H2,25,27)(H,28,30). The van der Waals surface area contributed by atoms with Crippen molar-refractivity contribution in [3.05, 3.63) is 77.2 Å². The quantitative estimate of drug-likeness (QED) is 0.636. The second-order valence-electron chi connectivity index (χ2n) is 7.52. The van der Waals surface area contributed by atoms with Gasteiger partial charge in [-0.25, -0.2) is 4.98 Å². The molecule has 0 saturated carbocycles. The molecule has 0 spiro atoms. The van der Waals surface area contributed by atoms with Crippen molar-refractivity contribution in [1.82, 2.24) is 9.97 Å². The van der Waals surface area contributed by atoms with Gasteiger partial charge in [-0.15, -0.1) is 0 Å². The van der Waals surface area contributed by atoms with Gasteiger partial charge in [0.2, 0.25) is 0 Å². The topological polar surface area (TPSA) is 84.1 Å². The van der Waals surface area contributed by atoms with Crippen LogP contribution in [0.2, 0.25) is 5.02 Å². The van der Waals surface area contributed by atoms with Crippen LogP contribution < -0.4 is 16.0 Å². The van der Waals surface area contributed by atoms with Gasteiger partial charge in [0.15, 0.2) is 0 Å². The minimum Gasteiger partial charge on any atom is -0.383 e. The van der Waals surface area contributed by atoms with Gasteiger partial charge in [0.05, 0.1) is 0 Å². The number of rotatable bonds is 5. The van der Waals surface area contributed by atoms with Gasteiger partial charge in [0, 0.05) is 59.2 Å². The van der Waals surface area contributed by atoms with E-state index >= 15 is 0 Å². The summed E-state index contributed by atoms with van der Waals surface area (Å²) in [6.45, 7) is 1.95. The number of amides is 1. The zero-order valence-electron chi connectivity index (χ0n) is 16.6. The molecule has 7 heteroatoms. The number of nitrogens with one attached hydrogen (secondary N) is 1. The Balaban J connectivity index is 1.44. The highest BCUT2D eigenvalue weighted by Crippen LogP contribution is 2.28. The lowest BCUT2D eigenvalue weighted by Gasteiger charge is -2.34. The third-order valence-electron chi connectivity index (χ3n) is 5.57. The van der Waals surface area contributed by atoms with Crippen molar-refractivity contribution < 1.29 is 4.79 Å². The van der Waals surface area contributed by atoms with E-state index in [2.05, 4.69) is 20.2 Å². The highest BCUT2D eigenvalue weighted by molar-refractivity contribution is 6.30. The largest absolute Gasteiger partial charge is 0.383 e. The summed E-state index contributed by atoms with van der Waals surface area (Å²) in [5, 5.41) is 3.55. The normalized spacial score (nSPS) is 14.5. The highest BCUT2D eigenvalue weighted by Gasteiger charge is 2.23. The Morgan fingerprint density at radius 1 is 1.07 bits per heavy atom. The van der Waals surface area contributed by atoms with Crippen molar-refractivity contribution in [2.75, 3.05) is 29.0 Å². The van der Waals surface area contributed by atoms with Crippen LogP contribution >= 0.6 is 11.6 Å². The number of halogens is 1. The number of benzene rings is 1. The Labute approximate surface area is 181 Å². The number of carbonyl (C=O) groups excluding carboxylic acids is 1. The van der Waals surface area contributed by atoms with Crippen LogP contribution in [0.4, 0.5) is 17.2 Å². The molecular weight excluding hydrogens is 398 g/mol. The zero-order chi connectivity index (χ0) is 20.9. The third kappa shape index (κ3) is 4.71. The van der Waals surface area contributed by atoms with Crippen LogP contribution in [0.15, 0.2) is 61.1 Å². The first kappa shape index (κ1) is 20.2. The van der Waals surface area contributed by atoms with E-state index in [1.807, 2.05) is 24.5 Å². The van der Waals surface area contributed by atoms with Crippen LogP contribution in [0, 0.1) is 5.92 Å². The summed E-state index contributed by atoms with van der Waals surface area (Å²) in [4.78, 5) is 23.6. The maximum atomic E-state index is 12.9. The first-order chi connectivity index (χ1) is 14.6. The Bertz CT molecular complexity index is 1000. The second kappa shape index (κ2) is 9.13. The fraction of sp³-hybridized carbons (Fsp3) is 0.261. The fourth-order valence-electron chi connectivity index (χ4n) is 3.91. The number of nitrogen functional groups attached to an aromatic ring is 1. The predicted molar refractivity (Wildman–Crippen MR) is 121 cm³/mol. The molecule has 6 nitrogen and oxygen atoms in total. The molecule has 1 aliphatic heterocycles. The maximum absolute atomic E-state index is 12.9. The summed E-state index contributed by atoms with van der Waals surface area (Å²) < 4.78 is 0. The van der Waals surface area contributed by atoms with Crippen LogP contribution in [-0.2, 0) is 6.42 Å². The molecule has 1 aromatic carbocycles. The summed E-state index contributed by atoms with van der Waals surface area (Å²) in [5.41, 5.74) is 9.48. The third-order valence-corrected chi connectivity index (χ3v) is 5.82. The molecule has 1 fully saturated rings. The average molecular weight is 422 g/mol. The molecule has 3 aromatic rings. The summed E-state index contributed by atoms with van der Waals surface area (Å²) in [5.74, 6) is 0.697. The van der Waals surface area contributed by atoms with Crippen LogP contribution in [0.25, 0.3) is 0 Å². The van der Waals surface area contributed by atoms with Gasteiger partial charge in [0.25, 0.3) is 5.91 Å². The number of pyridine rings is 2. The molecule has 30 heavy (non-hydrogen) atoms. The molecule has 3 heterocycles. The van der Waals surface area contributed by atoms with Crippen LogP contribution in [0.1, 0.15) is 28.8 Å². The average Bonchev–Trinajstić information content (AvgIpc) is 2.78. The molecule has 154 valence electrons. The van der Waals surface area contributed by atoms with Crippen molar-refractivity contribution in [2.45, 2.75) is 19.3 Å².